The quantitative estimate of drug-likeness (QED) is 0.219. The van der Waals surface area contributed by atoms with Crippen molar-refractivity contribution >= 4 is 15.9 Å². The molecule has 1 amide bonds. The summed E-state index contributed by atoms with van der Waals surface area (Å²) >= 11 is 0. The van der Waals surface area contributed by atoms with Crippen LogP contribution in [0, 0.1) is 0 Å². The van der Waals surface area contributed by atoms with Gasteiger partial charge in [-0.1, -0.05) is 24.8 Å². The third kappa shape index (κ3) is 7.54. The van der Waals surface area contributed by atoms with Crippen LogP contribution in [0.15, 0.2) is 65.9 Å². The van der Waals surface area contributed by atoms with Gasteiger partial charge in [0, 0.05) is 36.5 Å². The molecule has 0 aromatic carbocycles. The highest BCUT2D eigenvalue weighted by atomic mass is 32.2. The summed E-state index contributed by atoms with van der Waals surface area (Å²) in [5.41, 5.74) is 0.494. The molecule has 11 heteroatoms. The first-order valence-electron chi connectivity index (χ1n) is 10.6. The number of rotatable bonds is 10. The minimum absolute atomic E-state index is 0.0414. The number of sulfonamides is 1. The van der Waals surface area contributed by atoms with Crippen LogP contribution in [0.2, 0.25) is 0 Å². The lowest BCUT2D eigenvalue weighted by Gasteiger charge is -2.23. The van der Waals surface area contributed by atoms with Crippen molar-refractivity contribution in [3.05, 3.63) is 77.1 Å². The Balaban J connectivity index is 2.02. The monoisotopic (exact) mass is 501 g/mol. The number of nitrogens with zero attached hydrogens (tertiary/aromatic N) is 2. The van der Waals surface area contributed by atoms with E-state index in [1.165, 1.54) is 18.3 Å². The van der Waals surface area contributed by atoms with Crippen LogP contribution in [0.5, 0.6) is 0 Å². The third-order valence-electron chi connectivity index (χ3n) is 5.24. The number of amides is 1. The maximum atomic E-state index is 12.8. The molecule has 0 saturated heterocycles. The Labute approximate surface area is 196 Å². The Hall–Kier alpha value is -2.95. The Morgan fingerprint density at radius 2 is 2.09 bits per heavy atom. The molecule has 0 saturated carbocycles. The van der Waals surface area contributed by atoms with Crippen LogP contribution in [0.3, 0.4) is 0 Å². The van der Waals surface area contributed by atoms with E-state index in [-0.39, 0.29) is 37.5 Å². The summed E-state index contributed by atoms with van der Waals surface area (Å²) in [5.74, 6) is -0.859. The van der Waals surface area contributed by atoms with Crippen LogP contribution in [0.25, 0.3) is 0 Å². The second-order valence-electron chi connectivity index (χ2n) is 7.54. The van der Waals surface area contributed by atoms with Gasteiger partial charge in [-0.3, -0.25) is 14.1 Å². The van der Waals surface area contributed by atoms with Crippen molar-refractivity contribution in [2.24, 2.45) is 0 Å². The minimum Gasteiger partial charge on any atom is -0.347 e. The number of hydrogen-bond donors (Lipinski definition) is 1. The van der Waals surface area contributed by atoms with Crippen LogP contribution in [-0.4, -0.2) is 43.0 Å². The molecule has 1 aliphatic rings. The molecule has 1 atom stereocenters. The van der Waals surface area contributed by atoms with E-state index < -0.39 is 34.4 Å². The standard InChI is InChI=1S/C23H27F4N3O3S/c1-3-30(34(32,33)14-6-4-5-12-24)17(2)22(31)29-16-18-11-13-28-21(15-18)19-7-9-20(10-8-19)23(25,26)27/h4-6,9,11,13-15,19H,2-3,7-8,10,12,16H2,1H3,(H,29,31). The molecular formula is C23H27F4N3O3S. The molecular weight excluding hydrogens is 474 g/mol. The highest BCUT2D eigenvalue weighted by molar-refractivity contribution is 7.92. The van der Waals surface area contributed by atoms with Gasteiger partial charge in [-0.25, -0.2) is 12.8 Å². The van der Waals surface area contributed by atoms with Gasteiger partial charge in [0.15, 0.2) is 0 Å². The normalized spacial score (nSPS) is 17.1. The second kappa shape index (κ2) is 12.0. The van der Waals surface area contributed by atoms with E-state index in [0.717, 1.165) is 21.9 Å². The summed E-state index contributed by atoms with van der Waals surface area (Å²) in [6.45, 7) is 4.39. The number of aromatic nitrogens is 1. The van der Waals surface area contributed by atoms with Crippen molar-refractivity contribution in [3.63, 3.8) is 0 Å². The average Bonchev–Trinajstić information content (AvgIpc) is 2.80. The Morgan fingerprint density at radius 3 is 2.68 bits per heavy atom. The van der Waals surface area contributed by atoms with E-state index in [0.29, 0.717) is 17.7 Å². The molecule has 1 aromatic heterocycles. The van der Waals surface area contributed by atoms with Gasteiger partial charge in [0.1, 0.15) is 12.4 Å². The number of allylic oxidation sites excluding steroid dienone is 5. The molecule has 2 rings (SSSR count). The lowest BCUT2D eigenvalue weighted by atomic mass is 9.86. The van der Waals surface area contributed by atoms with Gasteiger partial charge in [0.25, 0.3) is 15.9 Å². The number of likely N-dealkylation sites (N-methyl/N-ethyl adjacent to an activating group) is 1. The summed E-state index contributed by atoms with van der Waals surface area (Å²) in [6, 6.07) is 3.37. The topological polar surface area (TPSA) is 79.4 Å². The summed E-state index contributed by atoms with van der Waals surface area (Å²) in [4.78, 5) is 16.8. The lowest BCUT2D eigenvalue weighted by Crippen LogP contribution is -2.37. The number of alkyl halides is 4. The van der Waals surface area contributed by atoms with Crippen molar-refractivity contribution in [2.75, 3.05) is 13.2 Å². The first-order chi connectivity index (χ1) is 16.0. The van der Waals surface area contributed by atoms with Crippen LogP contribution in [0.1, 0.15) is 43.4 Å². The molecule has 1 unspecified atom stereocenters. The third-order valence-corrected chi connectivity index (χ3v) is 6.83. The van der Waals surface area contributed by atoms with E-state index in [1.54, 1.807) is 19.1 Å². The van der Waals surface area contributed by atoms with Gasteiger partial charge in [0.2, 0.25) is 0 Å². The second-order valence-corrected chi connectivity index (χ2v) is 9.28. The molecule has 34 heavy (non-hydrogen) atoms. The Morgan fingerprint density at radius 1 is 1.35 bits per heavy atom. The molecule has 1 aliphatic carbocycles. The largest absolute Gasteiger partial charge is 0.412 e. The predicted molar refractivity (Wildman–Crippen MR) is 122 cm³/mol. The van der Waals surface area contributed by atoms with Gasteiger partial charge in [-0.05, 0) is 50.0 Å². The first-order valence-corrected chi connectivity index (χ1v) is 12.1. The van der Waals surface area contributed by atoms with E-state index in [1.807, 2.05) is 0 Å². The zero-order valence-corrected chi connectivity index (χ0v) is 19.5. The predicted octanol–water partition coefficient (Wildman–Crippen LogP) is 4.66. The van der Waals surface area contributed by atoms with Crippen LogP contribution < -0.4 is 5.32 Å². The van der Waals surface area contributed by atoms with Gasteiger partial charge >= 0.3 is 6.18 Å². The number of carbonyl (C=O) groups excluding carboxylic acids is 1. The molecule has 0 aliphatic heterocycles. The molecule has 0 spiro atoms. The zero-order valence-electron chi connectivity index (χ0n) is 18.7. The molecule has 0 fully saturated rings. The molecule has 6 nitrogen and oxygen atoms in total. The van der Waals surface area contributed by atoms with E-state index >= 15 is 0 Å². The average molecular weight is 502 g/mol. The van der Waals surface area contributed by atoms with Gasteiger partial charge < -0.3 is 5.32 Å². The van der Waals surface area contributed by atoms with Crippen molar-refractivity contribution in [2.45, 2.75) is 44.8 Å². The van der Waals surface area contributed by atoms with Crippen molar-refractivity contribution < 1.29 is 30.8 Å². The van der Waals surface area contributed by atoms with Gasteiger partial charge in [-0.2, -0.15) is 13.2 Å². The number of halogens is 4. The number of pyridine rings is 1. The maximum Gasteiger partial charge on any atom is 0.412 e. The zero-order chi connectivity index (χ0) is 25.4. The molecule has 1 aromatic rings. The lowest BCUT2D eigenvalue weighted by molar-refractivity contribution is -0.118. The summed E-state index contributed by atoms with van der Waals surface area (Å²) < 4.78 is 76.3. The van der Waals surface area contributed by atoms with E-state index in [4.69, 9.17) is 0 Å². The maximum absolute atomic E-state index is 12.8. The van der Waals surface area contributed by atoms with Crippen LogP contribution in [-0.2, 0) is 21.4 Å². The fraction of sp³-hybridized carbons (Fsp3) is 0.391. The molecule has 1 N–H and O–H groups in total. The highest BCUT2D eigenvalue weighted by Gasteiger charge is 2.35. The first kappa shape index (κ1) is 27.3. The minimum atomic E-state index is -4.31. The highest BCUT2D eigenvalue weighted by Crippen LogP contribution is 2.38. The van der Waals surface area contributed by atoms with Crippen LogP contribution >= 0.6 is 0 Å². The Kier molecular flexibility index (Phi) is 9.60. The molecule has 0 radical (unpaired) electrons. The number of nitrogens with one attached hydrogen (secondary N) is 1. The fourth-order valence-electron chi connectivity index (χ4n) is 3.46. The fourth-order valence-corrected chi connectivity index (χ4v) is 4.64. The van der Waals surface area contributed by atoms with Crippen LogP contribution in [0.4, 0.5) is 17.6 Å². The summed E-state index contributed by atoms with van der Waals surface area (Å²) in [7, 11) is -3.99. The van der Waals surface area contributed by atoms with E-state index in [9.17, 15) is 30.8 Å². The molecule has 186 valence electrons. The van der Waals surface area contributed by atoms with Gasteiger partial charge in [-0.15, -0.1) is 0 Å². The summed E-state index contributed by atoms with van der Waals surface area (Å²) in [6.07, 6.45) is 2.41. The van der Waals surface area contributed by atoms with Crippen molar-refractivity contribution in [1.29, 1.82) is 0 Å². The van der Waals surface area contributed by atoms with Gasteiger partial charge in [0.05, 0.1) is 5.41 Å². The number of carbonyl (C=O) groups is 1. The van der Waals surface area contributed by atoms with Crippen molar-refractivity contribution in [3.8, 4) is 0 Å². The van der Waals surface area contributed by atoms with Crippen molar-refractivity contribution in [1.82, 2.24) is 14.6 Å². The number of hydrogen-bond acceptors (Lipinski definition) is 4. The van der Waals surface area contributed by atoms with E-state index in [2.05, 4.69) is 16.9 Å². The summed E-state index contributed by atoms with van der Waals surface area (Å²) in [5, 5.41) is 3.44. The SMILES string of the molecule is C=C(C(=O)NCc1ccnc(C2CC=C(C(F)(F)F)CC2)c1)N(CC)S(=O)(=O)C=CC=CCF. The smallest absolute Gasteiger partial charge is 0.347 e. The molecule has 0 bridgehead atoms. The Bertz CT molecular complexity index is 1080. The molecule has 1 heterocycles.